The number of carbonyl (C=O) groups excluding carboxylic acids is 2. The molecule has 2 atom stereocenters. The van der Waals surface area contributed by atoms with Gasteiger partial charge in [-0.2, -0.15) is 0 Å². The molecule has 8 heavy (non-hydrogen) atoms. The van der Waals surface area contributed by atoms with Gasteiger partial charge in [0.1, 0.15) is 12.4 Å². The van der Waals surface area contributed by atoms with Crippen LogP contribution in [0.4, 0.5) is 0 Å². The fourth-order valence-corrected chi connectivity index (χ4v) is 0.171. The Bertz CT molecular complexity index is 81.3. The fourth-order valence-electron chi connectivity index (χ4n) is 0.171. The van der Waals surface area contributed by atoms with Gasteiger partial charge in [0, 0.05) is 0 Å². The largest absolute Gasteiger partial charge is 0.384 e. The van der Waals surface area contributed by atoms with Gasteiger partial charge >= 0.3 is 0 Å². The highest BCUT2D eigenvalue weighted by molar-refractivity contribution is 5.69. The van der Waals surface area contributed by atoms with Crippen molar-refractivity contribution in [3.8, 4) is 0 Å². The normalized spacial score (nSPS) is 16.8. The third-order valence-corrected chi connectivity index (χ3v) is 0.691. The molecular weight excluding hydrogens is 110 g/mol. The lowest BCUT2D eigenvalue weighted by molar-refractivity contribution is -0.120. The molecule has 0 aliphatic rings. The summed E-state index contributed by atoms with van der Waals surface area (Å²) in [6.45, 7) is 0. The molecule has 0 fully saturated rings. The van der Waals surface area contributed by atoms with Crippen molar-refractivity contribution in [3.63, 3.8) is 0 Å². The maximum Gasteiger partial charge on any atom is 0.150 e. The topological polar surface area (TPSA) is 80.4 Å². The summed E-state index contributed by atoms with van der Waals surface area (Å²) >= 11 is 0. The van der Waals surface area contributed by atoms with Crippen LogP contribution in [-0.4, -0.2) is 29.8 Å². The Hall–Kier alpha value is -0.740. The molecule has 0 aliphatic carbocycles. The second-order valence-corrected chi connectivity index (χ2v) is 1.34. The van der Waals surface area contributed by atoms with Crippen LogP contribution in [0.3, 0.4) is 0 Å². The predicted molar refractivity (Wildman–Crippen MR) is 26.1 cm³/mol. The summed E-state index contributed by atoms with van der Waals surface area (Å²) in [5.74, 6) is 0. The minimum atomic E-state index is -1.35. The number of hydrogen-bond acceptors (Lipinski definition) is 4. The molecule has 0 amide bonds. The zero-order chi connectivity index (χ0) is 6.57. The fraction of sp³-hybridized carbons (Fsp3) is 0.500. The van der Waals surface area contributed by atoms with Crippen molar-refractivity contribution in [2.75, 3.05) is 0 Å². The predicted octanol–water partition coefficient (Wildman–Crippen LogP) is -1.93. The quantitative estimate of drug-likeness (QED) is 0.422. The molecule has 4 heteroatoms. The zero-order valence-electron chi connectivity index (χ0n) is 4.15. The van der Waals surface area contributed by atoms with Gasteiger partial charge in [0.05, 0.1) is 6.04 Å². The first kappa shape index (κ1) is 7.26. The number of hydrogen-bond donors (Lipinski definition) is 2. The molecule has 1 unspecified atom stereocenters. The van der Waals surface area contributed by atoms with Gasteiger partial charge in [0.2, 0.25) is 0 Å². The van der Waals surface area contributed by atoms with E-state index in [2.05, 4.69) is 0 Å². The zero-order valence-corrected chi connectivity index (χ0v) is 4.15. The van der Waals surface area contributed by atoms with Gasteiger partial charge < -0.3 is 20.4 Å². The summed E-state index contributed by atoms with van der Waals surface area (Å²) in [5.41, 5.74) is 4.88. The van der Waals surface area contributed by atoms with Gasteiger partial charge in [-0.3, -0.25) is 0 Å². The van der Waals surface area contributed by atoms with E-state index in [0.717, 1.165) is 0 Å². The van der Waals surface area contributed by atoms with Crippen LogP contribution in [0.15, 0.2) is 0 Å². The summed E-state index contributed by atoms with van der Waals surface area (Å²) in [6.07, 6.45) is -0.814. The van der Waals surface area contributed by atoms with Crippen LogP contribution < -0.4 is 5.73 Å². The lowest BCUT2D eigenvalue weighted by atomic mass is 10.2. The molecule has 0 saturated carbocycles. The van der Waals surface area contributed by atoms with E-state index in [0.29, 0.717) is 6.29 Å². The third-order valence-electron chi connectivity index (χ3n) is 0.691. The monoisotopic (exact) mass is 117 g/mol. The van der Waals surface area contributed by atoms with Crippen molar-refractivity contribution in [2.45, 2.75) is 12.1 Å². The van der Waals surface area contributed by atoms with Gasteiger partial charge in [0.15, 0.2) is 6.29 Å². The summed E-state index contributed by atoms with van der Waals surface area (Å²) < 4.78 is 0. The van der Waals surface area contributed by atoms with Gasteiger partial charge in [-0.1, -0.05) is 0 Å². The van der Waals surface area contributed by atoms with E-state index in [4.69, 9.17) is 10.8 Å². The van der Waals surface area contributed by atoms with Crippen molar-refractivity contribution in [1.29, 1.82) is 0 Å². The van der Waals surface area contributed by atoms with Crippen molar-refractivity contribution in [2.24, 2.45) is 5.73 Å². The molecule has 0 aromatic carbocycles. The minimum Gasteiger partial charge on any atom is -0.384 e. The van der Waals surface area contributed by atoms with Crippen molar-refractivity contribution >= 4 is 12.6 Å². The molecule has 0 spiro atoms. The van der Waals surface area contributed by atoms with E-state index in [9.17, 15) is 9.59 Å². The molecular formula is C4H7NO3. The minimum absolute atomic E-state index is 0.221. The molecule has 0 radical (unpaired) electrons. The maximum absolute atomic E-state index is 9.66. The summed E-state index contributed by atoms with van der Waals surface area (Å²) in [4.78, 5) is 19.3. The Morgan fingerprint density at radius 2 is 1.88 bits per heavy atom. The average molecular weight is 117 g/mol. The van der Waals surface area contributed by atoms with Crippen LogP contribution in [0.25, 0.3) is 0 Å². The number of aldehydes is 2. The van der Waals surface area contributed by atoms with Crippen LogP contribution >= 0.6 is 0 Å². The van der Waals surface area contributed by atoms with E-state index in [-0.39, 0.29) is 6.29 Å². The smallest absolute Gasteiger partial charge is 0.150 e. The first-order valence-electron chi connectivity index (χ1n) is 2.06. The van der Waals surface area contributed by atoms with Gasteiger partial charge in [0.25, 0.3) is 0 Å². The van der Waals surface area contributed by atoms with E-state index in [1.807, 2.05) is 0 Å². The summed E-state index contributed by atoms with van der Waals surface area (Å²) in [6, 6.07) is -1.08. The van der Waals surface area contributed by atoms with Crippen molar-refractivity contribution in [3.05, 3.63) is 0 Å². The lowest BCUT2D eigenvalue weighted by Crippen LogP contribution is -2.36. The molecule has 0 aliphatic heterocycles. The molecule has 0 aromatic rings. The van der Waals surface area contributed by atoms with E-state index in [1.54, 1.807) is 0 Å². The van der Waals surface area contributed by atoms with Crippen molar-refractivity contribution in [1.82, 2.24) is 0 Å². The summed E-state index contributed by atoms with van der Waals surface area (Å²) in [5, 5.41) is 8.40. The molecule has 0 rings (SSSR count). The van der Waals surface area contributed by atoms with Crippen LogP contribution in [0.1, 0.15) is 0 Å². The van der Waals surface area contributed by atoms with Crippen LogP contribution in [-0.2, 0) is 9.59 Å². The third kappa shape index (κ3) is 1.81. The van der Waals surface area contributed by atoms with Crippen LogP contribution in [0, 0.1) is 0 Å². The van der Waals surface area contributed by atoms with Gasteiger partial charge in [-0.25, -0.2) is 0 Å². The Morgan fingerprint density at radius 1 is 1.38 bits per heavy atom. The summed E-state index contributed by atoms with van der Waals surface area (Å²) in [7, 11) is 0. The molecule has 46 valence electrons. The first-order valence-corrected chi connectivity index (χ1v) is 2.06. The molecule has 0 aromatic heterocycles. The number of aliphatic hydroxyl groups is 1. The number of nitrogens with two attached hydrogens (primary N) is 1. The second kappa shape index (κ2) is 3.29. The maximum atomic E-state index is 9.66. The van der Waals surface area contributed by atoms with Crippen molar-refractivity contribution < 1.29 is 14.7 Å². The molecule has 4 nitrogen and oxygen atoms in total. The van der Waals surface area contributed by atoms with Crippen LogP contribution in [0.5, 0.6) is 0 Å². The molecule has 0 saturated heterocycles. The lowest BCUT2D eigenvalue weighted by Gasteiger charge is -2.02. The first-order chi connectivity index (χ1) is 3.72. The Balaban J connectivity index is 3.60. The highest BCUT2D eigenvalue weighted by atomic mass is 16.3. The van der Waals surface area contributed by atoms with Crippen LogP contribution in [0.2, 0.25) is 0 Å². The Labute approximate surface area is 46.3 Å². The van der Waals surface area contributed by atoms with Gasteiger partial charge in [-0.15, -0.1) is 0 Å². The molecule has 3 N–H and O–H groups in total. The molecule has 0 bridgehead atoms. The Kier molecular flexibility index (Phi) is 2.98. The second-order valence-electron chi connectivity index (χ2n) is 1.34. The van der Waals surface area contributed by atoms with E-state index in [1.165, 1.54) is 0 Å². The van der Waals surface area contributed by atoms with E-state index >= 15 is 0 Å². The average Bonchev–Trinajstić information content (AvgIpc) is 1.84. The highest BCUT2D eigenvalue weighted by Crippen LogP contribution is 1.78. The number of rotatable bonds is 3. The van der Waals surface area contributed by atoms with E-state index < -0.39 is 12.1 Å². The molecule has 0 heterocycles. The number of aliphatic hydroxyl groups excluding tert-OH is 1. The standard InChI is InChI=1S/C4H7NO3/c5-3(1-6)4(8)2-7/h1-4,8H,5H2/t3-,4?/m1/s1. The SMILES string of the molecule is N[C@H](C=O)C(O)C=O. The van der Waals surface area contributed by atoms with Gasteiger partial charge in [-0.05, 0) is 0 Å². The number of carbonyl (C=O) groups is 2. The highest BCUT2D eigenvalue weighted by Gasteiger charge is 2.10. The Morgan fingerprint density at radius 3 is 2.00 bits per heavy atom.